The number of pyridine rings is 1. The Balaban J connectivity index is 1.46. The van der Waals surface area contributed by atoms with Crippen molar-refractivity contribution in [2.45, 2.75) is 58.2 Å². The molecule has 4 aromatic heterocycles. The standard InChI is InChI=1S/C31H33ClN8O3/c1-18-8-10-20(11-9-18)17-40-26-24(22-14-23(32)16-33-15-22)34-28(29-37-31(41)43-38-29)35-27(26)36-30(40)39-12-13-42-19(2)25(39)21-6-4-3-5-7-21/h3-7,14-16,18-20,25H,8-13,17H2,1-2H3,(H,37,38,41)/t18-,19-,20-,25+/m1/s1. The second-order valence-electron chi connectivity index (χ2n) is 11.7. The smallest absolute Gasteiger partial charge is 0.374 e. The van der Waals surface area contributed by atoms with E-state index >= 15 is 0 Å². The lowest BCUT2D eigenvalue weighted by Crippen LogP contribution is -2.45. The van der Waals surface area contributed by atoms with Gasteiger partial charge >= 0.3 is 5.76 Å². The summed E-state index contributed by atoms with van der Waals surface area (Å²) in [5, 5.41) is 4.34. The first-order valence-electron chi connectivity index (χ1n) is 14.8. The summed E-state index contributed by atoms with van der Waals surface area (Å²) >= 11 is 6.42. The number of hydrogen-bond acceptors (Lipinski definition) is 9. The van der Waals surface area contributed by atoms with Gasteiger partial charge in [0.05, 0.1) is 23.8 Å². The number of fused-ring (bicyclic) bond motifs is 1. The lowest BCUT2D eigenvalue weighted by atomic mass is 9.83. The van der Waals surface area contributed by atoms with Gasteiger partial charge in [-0.25, -0.2) is 14.8 Å². The summed E-state index contributed by atoms with van der Waals surface area (Å²) in [6, 6.07) is 12.2. The molecule has 7 rings (SSSR count). The molecule has 2 aliphatic rings. The molecule has 1 aromatic carbocycles. The molecule has 0 bridgehead atoms. The van der Waals surface area contributed by atoms with Crippen molar-refractivity contribution in [2.75, 3.05) is 18.1 Å². The number of aromatic amines is 1. The van der Waals surface area contributed by atoms with E-state index < -0.39 is 5.76 Å². The quantitative estimate of drug-likeness (QED) is 0.262. The second-order valence-corrected chi connectivity index (χ2v) is 12.1. The first-order valence-corrected chi connectivity index (χ1v) is 15.2. The van der Waals surface area contributed by atoms with Crippen LogP contribution in [0.4, 0.5) is 5.95 Å². The Labute approximate surface area is 253 Å². The Bertz CT molecular complexity index is 1790. The van der Waals surface area contributed by atoms with Crippen molar-refractivity contribution in [2.24, 2.45) is 11.8 Å². The van der Waals surface area contributed by atoms with Gasteiger partial charge in [0.2, 0.25) is 17.6 Å². The van der Waals surface area contributed by atoms with Gasteiger partial charge in [-0.1, -0.05) is 66.9 Å². The van der Waals surface area contributed by atoms with Crippen LogP contribution < -0.4 is 10.7 Å². The van der Waals surface area contributed by atoms with Crippen LogP contribution in [0.5, 0.6) is 0 Å². The number of nitrogens with one attached hydrogen (secondary N) is 1. The zero-order valence-corrected chi connectivity index (χ0v) is 24.9. The topological polar surface area (TPSA) is 128 Å². The van der Waals surface area contributed by atoms with Gasteiger partial charge in [0.15, 0.2) is 5.65 Å². The molecule has 0 spiro atoms. The zero-order valence-electron chi connectivity index (χ0n) is 24.1. The fraction of sp³-hybridized carbons (Fsp3) is 0.419. The van der Waals surface area contributed by atoms with Crippen LogP contribution in [0.2, 0.25) is 5.02 Å². The summed E-state index contributed by atoms with van der Waals surface area (Å²) in [5.74, 6) is 1.68. The van der Waals surface area contributed by atoms with Gasteiger partial charge in [-0.3, -0.25) is 14.5 Å². The third-order valence-corrected chi connectivity index (χ3v) is 8.89. The third kappa shape index (κ3) is 5.43. The summed E-state index contributed by atoms with van der Waals surface area (Å²) in [6.07, 6.45) is 7.97. The number of hydrogen-bond donors (Lipinski definition) is 1. The Kier molecular flexibility index (Phi) is 7.44. The first kappa shape index (κ1) is 27.7. The molecule has 12 heteroatoms. The summed E-state index contributed by atoms with van der Waals surface area (Å²) in [7, 11) is 0. The highest BCUT2D eigenvalue weighted by molar-refractivity contribution is 6.30. The lowest BCUT2D eigenvalue weighted by Gasteiger charge is -2.41. The summed E-state index contributed by atoms with van der Waals surface area (Å²) in [6.45, 7) is 6.47. The van der Waals surface area contributed by atoms with E-state index in [1.165, 1.54) is 12.8 Å². The van der Waals surface area contributed by atoms with E-state index in [1.54, 1.807) is 12.4 Å². The first-order chi connectivity index (χ1) is 20.9. The fourth-order valence-electron chi connectivity index (χ4n) is 6.51. The molecule has 1 aliphatic carbocycles. The molecule has 5 heterocycles. The number of anilines is 1. The van der Waals surface area contributed by atoms with E-state index in [-0.39, 0.29) is 23.8 Å². The summed E-state index contributed by atoms with van der Waals surface area (Å²) < 4.78 is 13.2. The number of nitrogens with zero attached hydrogens (tertiary/aromatic N) is 7. The van der Waals surface area contributed by atoms with Crippen molar-refractivity contribution in [1.82, 2.24) is 34.6 Å². The van der Waals surface area contributed by atoms with Crippen molar-refractivity contribution in [3.05, 3.63) is 69.9 Å². The van der Waals surface area contributed by atoms with Crippen LogP contribution in [-0.4, -0.2) is 53.9 Å². The van der Waals surface area contributed by atoms with E-state index in [1.807, 2.05) is 12.1 Å². The third-order valence-electron chi connectivity index (χ3n) is 8.68. The molecular formula is C31H33ClN8O3. The molecule has 0 unspecified atom stereocenters. The van der Waals surface area contributed by atoms with Crippen LogP contribution >= 0.6 is 11.6 Å². The van der Waals surface area contributed by atoms with Gasteiger partial charge < -0.3 is 14.2 Å². The molecule has 1 aliphatic heterocycles. The van der Waals surface area contributed by atoms with Crippen molar-refractivity contribution in [3.8, 4) is 22.9 Å². The van der Waals surface area contributed by atoms with Crippen LogP contribution in [0.1, 0.15) is 51.1 Å². The highest BCUT2D eigenvalue weighted by Crippen LogP contribution is 2.39. The highest BCUT2D eigenvalue weighted by atomic mass is 35.5. The summed E-state index contributed by atoms with van der Waals surface area (Å²) in [4.78, 5) is 36.0. The number of rotatable bonds is 6. The predicted octanol–water partition coefficient (Wildman–Crippen LogP) is 5.68. The zero-order chi connectivity index (χ0) is 29.5. The molecule has 1 saturated heterocycles. The molecule has 11 nitrogen and oxygen atoms in total. The maximum Gasteiger partial charge on any atom is 0.439 e. The number of benzene rings is 1. The van der Waals surface area contributed by atoms with E-state index in [4.69, 9.17) is 35.8 Å². The number of halogens is 1. The average molecular weight is 601 g/mol. The maximum atomic E-state index is 11.8. The van der Waals surface area contributed by atoms with E-state index in [0.717, 1.165) is 42.3 Å². The van der Waals surface area contributed by atoms with Crippen molar-refractivity contribution in [3.63, 3.8) is 0 Å². The number of aromatic nitrogens is 7. The van der Waals surface area contributed by atoms with E-state index in [0.29, 0.717) is 41.0 Å². The number of H-pyrrole nitrogens is 1. The van der Waals surface area contributed by atoms with E-state index in [9.17, 15) is 4.79 Å². The number of ether oxygens (including phenoxy) is 1. The van der Waals surface area contributed by atoms with Gasteiger partial charge in [0.1, 0.15) is 11.2 Å². The van der Waals surface area contributed by atoms with Crippen LogP contribution in [-0.2, 0) is 11.3 Å². The minimum atomic E-state index is -0.685. The number of imidazole rings is 1. The van der Waals surface area contributed by atoms with Crippen LogP contribution in [0.25, 0.3) is 34.1 Å². The Hall–Kier alpha value is -4.09. The Morgan fingerprint density at radius 1 is 1.05 bits per heavy atom. The molecule has 2 fully saturated rings. The molecule has 1 N–H and O–H groups in total. The second kappa shape index (κ2) is 11.5. The summed E-state index contributed by atoms with van der Waals surface area (Å²) in [5.41, 5.74) is 3.77. The molecule has 5 aromatic rings. The Morgan fingerprint density at radius 3 is 2.60 bits per heavy atom. The van der Waals surface area contributed by atoms with Gasteiger partial charge in [-0.15, -0.1) is 0 Å². The van der Waals surface area contributed by atoms with Gasteiger partial charge in [0, 0.05) is 31.0 Å². The monoisotopic (exact) mass is 600 g/mol. The number of morpholine rings is 1. The van der Waals surface area contributed by atoms with Crippen LogP contribution in [0.3, 0.4) is 0 Å². The van der Waals surface area contributed by atoms with Crippen LogP contribution in [0, 0.1) is 11.8 Å². The molecule has 43 heavy (non-hydrogen) atoms. The molecule has 0 radical (unpaired) electrons. The highest BCUT2D eigenvalue weighted by Gasteiger charge is 2.35. The SMILES string of the molecule is C[C@H]1OCCN(c2nc3nc(-c4noc(=O)[nH]4)nc(-c4cncc(Cl)c4)c3n2C[C@H]2CC[C@H](C)CC2)[C@@H]1c1ccccc1. The fourth-order valence-corrected chi connectivity index (χ4v) is 6.68. The van der Waals surface area contributed by atoms with E-state index in [2.05, 4.69) is 62.7 Å². The molecule has 2 atom stereocenters. The lowest BCUT2D eigenvalue weighted by molar-refractivity contribution is 0.0221. The van der Waals surface area contributed by atoms with Crippen molar-refractivity contribution < 1.29 is 9.26 Å². The maximum absolute atomic E-state index is 11.8. The molecular weight excluding hydrogens is 568 g/mol. The normalized spacial score (nSPS) is 22.7. The molecule has 0 amide bonds. The minimum absolute atomic E-state index is 0.0486. The van der Waals surface area contributed by atoms with Crippen LogP contribution in [0.15, 0.2) is 58.1 Å². The Morgan fingerprint density at radius 2 is 1.86 bits per heavy atom. The van der Waals surface area contributed by atoms with Crippen molar-refractivity contribution in [1.29, 1.82) is 0 Å². The average Bonchev–Trinajstić information content (AvgIpc) is 3.61. The van der Waals surface area contributed by atoms with Crippen molar-refractivity contribution >= 4 is 28.7 Å². The predicted molar refractivity (Wildman–Crippen MR) is 163 cm³/mol. The van der Waals surface area contributed by atoms with Gasteiger partial charge in [0.25, 0.3) is 0 Å². The minimum Gasteiger partial charge on any atom is -0.374 e. The molecule has 1 saturated carbocycles. The van der Waals surface area contributed by atoms with Gasteiger partial charge in [-0.2, -0.15) is 4.98 Å². The van der Waals surface area contributed by atoms with Gasteiger partial charge in [-0.05, 0) is 43.2 Å². The molecule has 222 valence electrons. The largest absolute Gasteiger partial charge is 0.439 e.